The quantitative estimate of drug-likeness (QED) is 0.461. The lowest BCUT2D eigenvalue weighted by molar-refractivity contribution is -0.115. The van der Waals surface area contributed by atoms with Gasteiger partial charge in [-0.25, -0.2) is 22.6 Å². The molecule has 1 aromatic heterocycles. The van der Waals surface area contributed by atoms with Crippen molar-refractivity contribution in [3.8, 4) is 5.88 Å². The van der Waals surface area contributed by atoms with Gasteiger partial charge in [-0.05, 0) is 35.9 Å². The number of alkyl halides is 2. The Balaban J connectivity index is 1.78. The van der Waals surface area contributed by atoms with Crippen molar-refractivity contribution in [2.24, 2.45) is 5.14 Å². The third kappa shape index (κ3) is 6.38. The number of amides is 1. The summed E-state index contributed by atoms with van der Waals surface area (Å²) in [6.07, 6.45) is 0.586. The molecule has 0 atom stereocenters. The number of nitrogens with two attached hydrogens (primary N) is 1. The molecule has 3 aromatic rings. The van der Waals surface area contributed by atoms with E-state index in [9.17, 15) is 26.4 Å². The van der Waals surface area contributed by atoms with Crippen molar-refractivity contribution in [1.82, 2.24) is 9.78 Å². The van der Waals surface area contributed by atoms with E-state index in [2.05, 4.69) is 10.4 Å². The highest BCUT2D eigenvalue weighted by Crippen LogP contribution is 2.27. The van der Waals surface area contributed by atoms with Crippen LogP contribution in [0.1, 0.15) is 17.7 Å². The zero-order valence-corrected chi connectivity index (χ0v) is 18.8. The monoisotopic (exact) mass is 522 g/mol. The van der Waals surface area contributed by atoms with E-state index >= 15 is 0 Å². The maximum atomic E-state index is 13.4. The second-order valence-corrected chi connectivity index (χ2v) is 9.00. The van der Waals surface area contributed by atoms with Crippen LogP contribution in [0.5, 0.6) is 5.88 Å². The first-order valence-electron chi connectivity index (χ1n) is 8.99. The summed E-state index contributed by atoms with van der Waals surface area (Å²) in [5.74, 6) is -1.49. The van der Waals surface area contributed by atoms with E-state index in [1.165, 1.54) is 18.2 Å². The molecule has 3 N–H and O–H groups in total. The molecule has 0 saturated heterocycles. The number of halogens is 5. The van der Waals surface area contributed by atoms with Crippen LogP contribution in [0, 0.1) is 5.82 Å². The molecule has 8 nitrogen and oxygen atoms in total. The minimum atomic E-state index is -4.27. The van der Waals surface area contributed by atoms with Crippen molar-refractivity contribution in [1.29, 1.82) is 0 Å². The Kier molecular flexibility index (Phi) is 7.52. The number of carbonyl (C=O) groups excluding carboxylic acids is 1. The number of sulfonamides is 1. The number of anilines is 1. The maximum Gasteiger partial charge on any atom is 0.333 e. The van der Waals surface area contributed by atoms with Crippen LogP contribution in [0.2, 0.25) is 10.0 Å². The number of hydrogen-bond acceptors (Lipinski definition) is 5. The molecule has 0 fully saturated rings. The van der Waals surface area contributed by atoms with Crippen LogP contribution in [0.15, 0.2) is 47.5 Å². The van der Waals surface area contributed by atoms with Crippen molar-refractivity contribution < 1.29 is 31.1 Å². The Morgan fingerprint density at radius 3 is 2.52 bits per heavy atom. The molecule has 176 valence electrons. The molecule has 1 heterocycles. The van der Waals surface area contributed by atoms with Gasteiger partial charge in [0.2, 0.25) is 15.9 Å². The van der Waals surface area contributed by atoms with E-state index in [-0.39, 0.29) is 48.7 Å². The fraction of sp³-hybridized carbons (Fsp3) is 0.158. The van der Waals surface area contributed by atoms with E-state index < -0.39 is 34.9 Å². The van der Waals surface area contributed by atoms with Crippen LogP contribution in [0.25, 0.3) is 0 Å². The molecule has 1 amide bonds. The first kappa shape index (κ1) is 24.8. The van der Waals surface area contributed by atoms with E-state index in [4.69, 9.17) is 33.1 Å². The van der Waals surface area contributed by atoms with Crippen molar-refractivity contribution in [3.63, 3.8) is 0 Å². The van der Waals surface area contributed by atoms with Crippen LogP contribution in [0.3, 0.4) is 0 Å². The molecule has 0 saturated carbocycles. The standard InChI is InChI=1S/C19H15Cl2F3N4O4S/c20-14-4-2-12(22)5-11(14)6-17(29)26-13-3-1-10(16(7-13)33(25,30)31)9-32-18-15(21)8-28(27-18)19(23)24/h1-5,7-8,19H,6,9H2,(H,26,29)(H2,25,30,31). The third-order valence-corrected chi connectivity index (χ3v) is 5.86. The average Bonchev–Trinajstić information content (AvgIpc) is 3.10. The number of nitrogens with one attached hydrogen (secondary N) is 1. The first-order valence-corrected chi connectivity index (χ1v) is 11.3. The van der Waals surface area contributed by atoms with Crippen molar-refractivity contribution >= 4 is 44.8 Å². The SMILES string of the molecule is NS(=O)(=O)c1cc(NC(=O)Cc2cc(F)ccc2Cl)ccc1COc1nn(C(F)F)cc1Cl. The Morgan fingerprint density at radius 2 is 1.88 bits per heavy atom. The molecule has 0 aliphatic heterocycles. The zero-order valence-electron chi connectivity index (χ0n) is 16.4. The zero-order chi connectivity index (χ0) is 24.3. The van der Waals surface area contributed by atoms with E-state index in [0.717, 1.165) is 24.4 Å². The van der Waals surface area contributed by atoms with Gasteiger partial charge in [0.25, 0.3) is 5.88 Å². The van der Waals surface area contributed by atoms with Gasteiger partial charge in [-0.3, -0.25) is 4.79 Å². The highest BCUT2D eigenvalue weighted by atomic mass is 35.5. The van der Waals surface area contributed by atoms with E-state index in [1.54, 1.807) is 0 Å². The normalized spacial score (nSPS) is 11.6. The molecule has 3 rings (SSSR count). The Morgan fingerprint density at radius 1 is 1.15 bits per heavy atom. The van der Waals surface area contributed by atoms with Gasteiger partial charge in [-0.2, -0.15) is 8.78 Å². The number of primary sulfonamides is 1. The summed E-state index contributed by atoms with van der Waals surface area (Å²) in [4.78, 5) is 11.9. The molecule has 2 aromatic carbocycles. The second kappa shape index (κ2) is 10.00. The number of benzene rings is 2. The smallest absolute Gasteiger partial charge is 0.333 e. The summed E-state index contributed by atoms with van der Waals surface area (Å²) in [6, 6.07) is 7.34. The Bertz CT molecular complexity index is 1300. The summed E-state index contributed by atoms with van der Waals surface area (Å²) in [6.45, 7) is -3.36. The molecule has 14 heteroatoms. The molecule has 0 bridgehead atoms. The fourth-order valence-electron chi connectivity index (χ4n) is 2.77. The summed E-state index contributed by atoms with van der Waals surface area (Å²) in [7, 11) is -4.27. The summed E-state index contributed by atoms with van der Waals surface area (Å²) in [5, 5.41) is 11.2. The lowest BCUT2D eigenvalue weighted by atomic mass is 10.1. The van der Waals surface area contributed by atoms with Gasteiger partial charge in [0.15, 0.2) is 0 Å². The lowest BCUT2D eigenvalue weighted by Crippen LogP contribution is -2.18. The molecule has 0 spiro atoms. The average molecular weight is 523 g/mol. The Hall–Kier alpha value is -2.80. The predicted octanol–water partition coefficient (Wildman–Crippen LogP) is 4.13. The molecule has 0 radical (unpaired) electrons. The number of hydrogen-bond donors (Lipinski definition) is 2. The number of carbonyl (C=O) groups is 1. The fourth-order valence-corrected chi connectivity index (χ4v) is 3.93. The second-order valence-electron chi connectivity index (χ2n) is 6.66. The third-order valence-electron chi connectivity index (χ3n) is 4.24. The number of rotatable bonds is 8. The number of nitrogens with zero attached hydrogens (tertiary/aromatic N) is 2. The van der Waals surface area contributed by atoms with Crippen LogP contribution in [-0.4, -0.2) is 24.1 Å². The van der Waals surface area contributed by atoms with Gasteiger partial charge in [0, 0.05) is 16.3 Å². The van der Waals surface area contributed by atoms with Gasteiger partial charge >= 0.3 is 6.55 Å². The van der Waals surface area contributed by atoms with E-state index in [0.29, 0.717) is 0 Å². The molecule has 0 unspecified atom stereocenters. The topological polar surface area (TPSA) is 116 Å². The molecule has 33 heavy (non-hydrogen) atoms. The van der Waals surface area contributed by atoms with Crippen molar-refractivity contribution in [3.05, 3.63) is 69.6 Å². The van der Waals surface area contributed by atoms with Crippen LogP contribution in [0.4, 0.5) is 18.9 Å². The summed E-state index contributed by atoms with van der Waals surface area (Å²) in [5.41, 5.74) is 0.387. The van der Waals surface area contributed by atoms with Crippen molar-refractivity contribution in [2.75, 3.05) is 5.32 Å². The molecule has 0 aliphatic carbocycles. The first-order chi connectivity index (χ1) is 15.4. The van der Waals surface area contributed by atoms with Gasteiger partial charge in [-0.15, -0.1) is 5.10 Å². The molecule has 0 aliphatic rings. The highest BCUT2D eigenvalue weighted by Gasteiger charge is 2.19. The van der Waals surface area contributed by atoms with Gasteiger partial charge in [0.1, 0.15) is 17.4 Å². The molecular weight excluding hydrogens is 508 g/mol. The van der Waals surface area contributed by atoms with Crippen LogP contribution >= 0.6 is 23.2 Å². The molecular formula is C19H15Cl2F3N4O4S. The maximum absolute atomic E-state index is 13.4. The minimum absolute atomic E-state index is 0.0614. The van der Waals surface area contributed by atoms with Gasteiger partial charge in [0.05, 0.1) is 17.5 Å². The van der Waals surface area contributed by atoms with Crippen LogP contribution in [-0.2, 0) is 27.8 Å². The lowest BCUT2D eigenvalue weighted by Gasteiger charge is -2.12. The van der Waals surface area contributed by atoms with Crippen molar-refractivity contribution in [2.45, 2.75) is 24.5 Å². The predicted molar refractivity (Wildman–Crippen MR) is 114 cm³/mol. The Labute approximate surface area is 196 Å². The minimum Gasteiger partial charge on any atom is -0.471 e. The number of ether oxygens (including phenoxy) is 1. The van der Waals surface area contributed by atoms with Gasteiger partial charge < -0.3 is 10.1 Å². The van der Waals surface area contributed by atoms with Crippen LogP contribution < -0.4 is 15.2 Å². The highest BCUT2D eigenvalue weighted by molar-refractivity contribution is 7.89. The number of aromatic nitrogens is 2. The summed E-state index contributed by atoms with van der Waals surface area (Å²) < 4.78 is 68.4. The largest absolute Gasteiger partial charge is 0.471 e. The van der Waals surface area contributed by atoms with E-state index in [1.807, 2.05) is 0 Å². The summed E-state index contributed by atoms with van der Waals surface area (Å²) >= 11 is 11.7. The van der Waals surface area contributed by atoms with Gasteiger partial charge in [-0.1, -0.05) is 29.3 Å².